The fourth-order valence-corrected chi connectivity index (χ4v) is 2.24. The molecule has 0 saturated carbocycles. The van der Waals surface area contributed by atoms with E-state index in [1.54, 1.807) is 0 Å². The minimum Gasteiger partial charge on any atom is -0.388 e. The van der Waals surface area contributed by atoms with Crippen molar-refractivity contribution in [2.75, 3.05) is 5.75 Å². The van der Waals surface area contributed by atoms with Crippen molar-refractivity contribution in [3.63, 3.8) is 0 Å². The highest BCUT2D eigenvalue weighted by atomic mass is 32.2. The Morgan fingerprint density at radius 1 is 1.33 bits per heavy atom. The summed E-state index contributed by atoms with van der Waals surface area (Å²) in [6.07, 6.45) is 0.316. The Morgan fingerprint density at radius 2 is 1.94 bits per heavy atom. The monoisotopic (exact) mass is 267 g/mol. The molecule has 18 heavy (non-hydrogen) atoms. The zero-order chi connectivity index (χ0) is 13.5. The molecule has 1 atom stereocenters. The molecule has 1 rings (SSSR count). The second kappa shape index (κ2) is 7.44. The molecule has 1 aromatic rings. The van der Waals surface area contributed by atoms with E-state index in [4.69, 9.17) is 0 Å². The van der Waals surface area contributed by atoms with Crippen LogP contribution in [-0.4, -0.2) is 22.8 Å². The maximum atomic E-state index is 11.5. The van der Waals surface area contributed by atoms with Crippen LogP contribution in [0.3, 0.4) is 0 Å². The summed E-state index contributed by atoms with van der Waals surface area (Å²) in [7, 11) is 0. The van der Waals surface area contributed by atoms with Crippen molar-refractivity contribution in [2.45, 2.75) is 44.2 Å². The van der Waals surface area contributed by atoms with Crippen molar-refractivity contribution in [1.29, 1.82) is 0 Å². The third kappa shape index (κ3) is 5.10. The Balaban J connectivity index is 2.46. The fourth-order valence-electron chi connectivity index (χ4n) is 1.53. The smallest absolute Gasteiger partial charge is 0.230 e. The van der Waals surface area contributed by atoms with Crippen LogP contribution in [0.5, 0.6) is 0 Å². The Morgan fingerprint density at radius 3 is 2.44 bits per heavy atom. The van der Waals surface area contributed by atoms with Gasteiger partial charge in [-0.2, -0.15) is 0 Å². The van der Waals surface area contributed by atoms with Gasteiger partial charge in [-0.05, 0) is 38.0 Å². The second-order valence-electron chi connectivity index (χ2n) is 4.50. The molecule has 1 amide bonds. The molecule has 0 heterocycles. The van der Waals surface area contributed by atoms with Crippen LogP contribution in [-0.2, 0) is 4.79 Å². The zero-order valence-electron chi connectivity index (χ0n) is 11.1. The maximum Gasteiger partial charge on any atom is 0.230 e. The van der Waals surface area contributed by atoms with Gasteiger partial charge in [0.05, 0.1) is 11.9 Å². The van der Waals surface area contributed by atoms with Crippen LogP contribution < -0.4 is 5.32 Å². The quantitative estimate of drug-likeness (QED) is 0.779. The highest BCUT2D eigenvalue weighted by Crippen LogP contribution is 2.22. The lowest BCUT2D eigenvalue weighted by Gasteiger charge is -2.10. The molecule has 0 unspecified atom stereocenters. The maximum absolute atomic E-state index is 11.5. The van der Waals surface area contributed by atoms with Gasteiger partial charge >= 0.3 is 0 Å². The molecule has 0 aliphatic rings. The predicted octanol–water partition coefficient (Wildman–Crippen LogP) is 2.75. The molecule has 4 heteroatoms. The van der Waals surface area contributed by atoms with E-state index in [9.17, 15) is 9.90 Å². The van der Waals surface area contributed by atoms with Gasteiger partial charge in [0.25, 0.3) is 0 Å². The lowest BCUT2D eigenvalue weighted by molar-refractivity contribution is -0.119. The van der Waals surface area contributed by atoms with Crippen molar-refractivity contribution < 1.29 is 9.90 Å². The Kier molecular flexibility index (Phi) is 6.22. The first-order chi connectivity index (χ1) is 8.52. The number of carbonyl (C=O) groups excluding carboxylic acids is 1. The number of aliphatic hydroxyl groups excluding tert-OH is 1. The average molecular weight is 267 g/mol. The number of hydrogen-bond donors (Lipinski definition) is 2. The van der Waals surface area contributed by atoms with E-state index >= 15 is 0 Å². The van der Waals surface area contributed by atoms with Crippen LogP contribution in [0, 0.1) is 0 Å². The SMILES string of the molecule is CC[C@H](O)c1ccc(SCC(=O)NC(C)C)cc1. The number of aliphatic hydroxyl groups is 1. The number of benzene rings is 1. The predicted molar refractivity (Wildman–Crippen MR) is 75.7 cm³/mol. The number of thioether (sulfide) groups is 1. The number of amides is 1. The van der Waals surface area contributed by atoms with E-state index in [2.05, 4.69) is 5.32 Å². The Labute approximate surface area is 113 Å². The van der Waals surface area contributed by atoms with Gasteiger partial charge in [-0.15, -0.1) is 11.8 Å². The molecule has 0 spiro atoms. The molecule has 100 valence electrons. The third-order valence-corrected chi connectivity index (χ3v) is 3.48. The molecule has 2 N–H and O–H groups in total. The first-order valence-corrected chi connectivity index (χ1v) is 7.21. The van der Waals surface area contributed by atoms with Crippen LogP contribution in [0.15, 0.2) is 29.2 Å². The van der Waals surface area contributed by atoms with Gasteiger partial charge in [0.1, 0.15) is 0 Å². The van der Waals surface area contributed by atoms with Crippen molar-refractivity contribution in [1.82, 2.24) is 5.32 Å². The minimum atomic E-state index is -0.395. The highest BCUT2D eigenvalue weighted by Gasteiger charge is 2.06. The topological polar surface area (TPSA) is 49.3 Å². The van der Waals surface area contributed by atoms with Gasteiger partial charge in [0.2, 0.25) is 5.91 Å². The normalized spacial score (nSPS) is 12.5. The third-order valence-electron chi connectivity index (χ3n) is 2.47. The van der Waals surface area contributed by atoms with Gasteiger partial charge in [-0.25, -0.2) is 0 Å². The standard InChI is InChI=1S/C14H21NO2S/c1-4-13(16)11-5-7-12(8-6-11)18-9-14(17)15-10(2)3/h5-8,10,13,16H,4,9H2,1-3H3,(H,15,17)/t13-/m0/s1. The first kappa shape index (κ1) is 15.1. The molecule has 0 saturated heterocycles. The van der Waals surface area contributed by atoms with Gasteiger partial charge in [0.15, 0.2) is 0 Å². The van der Waals surface area contributed by atoms with E-state index in [0.717, 1.165) is 10.5 Å². The Bertz CT molecular complexity index is 376. The van der Waals surface area contributed by atoms with E-state index < -0.39 is 6.10 Å². The van der Waals surface area contributed by atoms with Crippen molar-refractivity contribution >= 4 is 17.7 Å². The molecule has 0 fully saturated rings. The Hall–Kier alpha value is -1.00. The number of hydrogen-bond acceptors (Lipinski definition) is 3. The van der Waals surface area contributed by atoms with Crippen LogP contribution in [0.4, 0.5) is 0 Å². The fraction of sp³-hybridized carbons (Fsp3) is 0.500. The molecule has 0 aromatic heterocycles. The lowest BCUT2D eigenvalue weighted by atomic mass is 10.1. The number of rotatable bonds is 6. The van der Waals surface area contributed by atoms with E-state index in [1.165, 1.54) is 11.8 Å². The number of carbonyl (C=O) groups is 1. The largest absolute Gasteiger partial charge is 0.388 e. The van der Waals surface area contributed by atoms with Crippen LogP contribution >= 0.6 is 11.8 Å². The van der Waals surface area contributed by atoms with Crippen molar-refractivity contribution in [3.05, 3.63) is 29.8 Å². The highest BCUT2D eigenvalue weighted by molar-refractivity contribution is 8.00. The summed E-state index contributed by atoms with van der Waals surface area (Å²) in [5.41, 5.74) is 0.925. The van der Waals surface area contributed by atoms with Gasteiger partial charge < -0.3 is 10.4 Å². The lowest BCUT2D eigenvalue weighted by Crippen LogP contribution is -2.31. The summed E-state index contributed by atoms with van der Waals surface area (Å²) >= 11 is 1.50. The molecule has 3 nitrogen and oxygen atoms in total. The number of nitrogens with one attached hydrogen (secondary N) is 1. The molecule has 1 aromatic carbocycles. The van der Waals surface area contributed by atoms with Gasteiger partial charge in [-0.1, -0.05) is 19.1 Å². The summed E-state index contributed by atoms with van der Waals surface area (Å²) in [6.45, 7) is 5.84. The molecule has 0 radical (unpaired) electrons. The van der Waals surface area contributed by atoms with Crippen molar-refractivity contribution in [2.24, 2.45) is 0 Å². The molecular formula is C14H21NO2S. The summed E-state index contributed by atoms with van der Waals surface area (Å²) in [6, 6.07) is 7.90. The molecule has 0 aliphatic heterocycles. The summed E-state index contributed by atoms with van der Waals surface area (Å²) in [5, 5.41) is 12.5. The summed E-state index contributed by atoms with van der Waals surface area (Å²) in [5.74, 6) is 0.473. The van der Waals surface area contributed by atoms with Gasteiger partial charge in [0, 0.05) is 10.9 Å². The molecule has 0 bridgehead atoms. The zero-order valence-corrected chi connectivity index (χ0v) is 12.0. The first-order valence-electron chi connectivity index (χ1n) is 6.23. The average Bonchev–Trinajstić information content (AvgIpc) is 2.35. The van der Waals surface area contributed by atoms with Gasteiger partial charge in [-0.3, -0.25) is 4.79 Å². The van der Waals surface area contributed by atoms with E-state index in [-0.39, 0.29) is 11.9 Å². The second-order valence-corrected chi connectivity index (χ2v) is 5.55. The van der Waals surface area contributed by atoms with Crippen LogP contribution in [0.2, 0.25) is 0 Å². The minimum absolute atomic E-state index is 0.0488. The summed E-state index contributed by atoms with van der Waals surface area (Å²) < 4.78 is 0. The van der Waals surface area contributed by atoms with Crippen molar-refractivity contribution in [3.8, 4) is 0 Å². The molecular weight excluding hydrogens is 246 g/mol. The van der Waals surface area contributed by atoms with E-state index in [1.807, 2.05) is 45.0 Å². The van der Waals surface area contributed by atoms with Crippen LogP contribution in [0.1, 0.15) is 38.9 Å². The van der Waals surface area contributed by atoms with E-state index in [0.29, 0.717) is 12.2 Å². The summed E-state index contributed by atoms with van der Waals surface area (Å²) in [4.78, 5) is 12.5. The molecule has 0 aliphatic carbocycles. The van der Waals surface area contributed by atoms with Crippen LogP contribution in [0.25, 0.3) is 0 Å².